The molecule has 0 bridgehead atoms. The van der Waals surface area contributed by atoms with Crippen molar-refractivity contribution in [1.82, 2.24) is 0 Å². The maximum absolute atomic E-state index is 12.9. The Hall–Kier alpha value is -3.12. The molecule has 0 atom stereocenters. The molecule has 2 aromatic rings. The Morgan fingerprint density at radius 1 is 1.18 bits per heavy atom. The third kappa shape index (κ3) is 4.40. The zero-order valence-corrected chi connectivity index (χ0v) is 16.3. The summed E-state index contributed by atoms with van der Waals surface area (Å²) in [5.41, 5.74) is 2.33. The van der Waals surface area contributed by atoms with E-state index in [2.05, 4.69) is 5.10 Å². The van der Waals surface area contributed by atoms with Gasteiger partial charge in [-0.1, -0.05) is 29.8 Å². The van der Waals surface area contributed by atoms with Crippen LogP contribution in [-0.4, -0.2) is 30.8 Å². The van der Waals surface area contributed by atoms with Gasteiger partial charge >= 0.3 is 5.97 Å². The number of amides is 1. The van der Waals surface area contributed by atoms with Crippen LogP contribution in [0.15, 0.2) is 59.2 Å². The summed E-state index contributed by atoms with van der Waals surface area (Å²) in [5.74, 6) is -0.220. The maximum Gasteiger partial charge on any atom is 0.344 e. The fourth-order valence-corrected chi connectivity index (χ4v) is 2.79. The number of nitrogens with zero attached hydrogens (tertiary/aromatic N) is 2. The van der Waals surface area contributed by atoms with E-state index in [1.54, 1.807) is 62.4 Å². The molecular formula is C21H19ClN2O4. The van der Waals surface area contributed by atoms with Gasteiger partial charge in [0, 0.05) is 10.6 Å². The van der Waals surface area contributed by atoms with E-state index in [1.807, 2.05) is 6.07 Å². The van der Waals surface area contributed by atoms with E-state index in [1.165, 1.54) is 5.01 Å². The minimum absolute atomic E-state index is 0.202. The minimum Gasteiger partial charge on any atom is -0.481 e. The van der Waals surface area contributed by atoms with E-state index in [9.17, 15) is 9.59 Å². The van der Waals surface area contributed by atoms with Crippen molar-refractivity contribution in [3.05, 3.63) is 64.7 Å². The number of hydrazone groups is 1. The lowest BCUT2D eigenvalue weighted by Gasteiger charge is -2.12. The minimum atomic E-state index is -0.450. The van der Waals surface area contributed by atoms with Crippen LogP contribution in [0.25, 0.3) is 6.08 Å². The predicted molar refractivity (Wildman–Crippen MR) is 109 cm³/mol. The molecule has 1 amide bonds. The van der Waals surface area contributed by atoms with Gasteiger partial charge in [-0.2, -0.15) is 10.1 Å². The molecule has 0 fully saturated rings. The SMILES string of the molecule is CCOC(=O)COc1ccccc1/C=C1\C(=O)N(c2ccc(Cl)cc2)N=C1C. The molecular weight excluding hydrogens is 380 g/mol. The van der Waals surface area contributed by atoms with Gasteiger partial charge in [0.2, 0.25) is 0 Å². The standard InChI is InChI=1S/C21H19ClN2O4/c1-3-27-20(25)13-28-19-7-5-4-6-15(19)12-18-14(2)23-24(21(18)26)17-10-8-16(22)9-11-17/h4-12H,3,13H2,1-2H3/b18-12-. The van der Waals surface area contributed by atoms with Crippen molar-refractivity contribution in [3.8, 4) is 5.75 Å². The second-order valence-corrected chi connectivity index (χ2v) is 6.40. The molecule has 7 heteroatoms. The summed E-state index contributed by atoms with van der Waals surface area (Å²) < 4.78 is 10.4. The molecule has 6 nitrogen and oxygen atoms in total. The second kappa shape index (κ2) is 8.71. The Bertz CT molecular complexity index is 951. The Morgan fingerprint density at radius 2 is 1.89 bits per heavy atom. The quantitative estimate of drug-likeness (QED) is 0.543. The Kier molecular flexibility index (Phi) is 6.11. The first-order valence-corrected chi connectivity index (χ1v) is 9.12. The Labute approximate surface area is 168 Å². The van der Waals surface area contributed by atoms with Gasteiger partial charge in [0.25, 0.3) is 5.91 Å². The number of hydrogen-bond acceptors (Lipinski definition) is 5. The number of esters is 1. The summed E-state index contributed by atoms with van der Waals surface area (Å²) in [7, 11) is 0. The van der Waals surface area contributed by atoms with Gasteiger partial charge in [0.05, 0.1) is 23.6 Å². The lowest BCUT2D eigenvalue weighted by Crippen LogP contribution is -2.21. The molecule has 1 heterocycles. The molecule has 0 aliphatic carbocycles. The van der Waals surface area contributed by atoms with Gasteiger partial charge in [-0.05, 0) is 50.3 Å². The van der Waals surface area contributed by atoms with Gasteiger partial charge < -0.3 is 9.47 Å². The highest BCUT2D eigenvalue weighted by atomic mass is 35.5. The zero-order valence-electron chi connectivity index (χ0n) is 15.5. The summed E-state index contributed by atoms with van der Waals surface area (Å²) >= 11 is 5.91. The monoisotopic (exact) mass is 398 g/mol. The van der Waals surface area contributed by atoms with Crippen molar-refractivity contribution in [3.63, 3.8) is 0 Å². The molecule has 144 valence electrons. The first kappa shape index (κ1) is 19.6. The van der Waals surface area contributed by atoms with Crippen LogP contribution in [0.4, 0.5) is 5.69 Å². The fraction of sp³-hybridized carbons (Fsp3) is 0.190. The fourth-order valence-electron chi connectivity index (χ4n) is 2.67. The van der Waals surface area contributed by atoms with Crippen molar-refractivity contribution in [2.75, 3.05) is 18.2 Å². The van der Waals surface area contributed by atoms with Gasteiger partial charge in [-0.25, -0.2) is 4.79 Å². The normalized spacial score (nSPS) is 15.0. The number of carbonyl (C=O) groups is 2. The summed E-state index contributed by atoms with van der Waals surface area (Å²) in [5, 5.41) is 6.27. The molecule has 1 aliphatic rings. The maximum atomic E-state index is 12.9. The second-order valence-electron chi connectivity index (χ2n) is 5.97. The van der Waals surface area contributed by atoms with Crippen LogP contribution in [0.5, 0.6) is 5.75 Å². The summed E-state index contributed by atoms with van der Waals surface area (Å²) in [4.78, 5) is 24.4. The number of anilines is 1. The van der Waals surface area contributed by atoms with E-state index in [4.69, 9.17) is 21.1 Å². The number of para-hydroxylation sites is 1. The van der Waals surface area contributed by atoms with Crippen molar-refractivity contribution < 1.29 is 19.1 Å². The highest BCUT2D eigenvalue weighted by Crippen LogP contribution is 2.28. The Balaban J connectivity index is 1.84. The van der Waals surface area contributed by atoms with Crippen LogP contribution < -0.4 is 9.75 Å². The third-order valence-corrected chi connectivity index (χ3v) is 4.26. The lowest BCUT2D eigenvalue weighted by atomic mass is 10.1. The van der Waals surface area contributed by atoms with Crippen molar-refractivity contribution in [1.29, 1.82) is 0 Å². The van der Waals surface area contributed by atoms with Crippen LogP contribution in [0.2, 0.25) is 5.02 Å². The number of carbonyl (C=O) groups excluding carboxylic acids is 2. The number of benzene rings is 2. The summed E-state index contributed by atoms with van der Waals surface area (Å²) in [6.45, 7) is 3.59. The lowest BCUT2D eigenvalue weighted by molar-refractivity contribution is -0.145. The molecule has 0 saturated carbocycles. The Morgan fingerprint density at radius 3 is 2.61 bits per heavy atom. The van der Waals surface area contributed by atoms with Crippen LogP contribution >= 0.6 is 11.6 Å². The van der Waals surface area contributed by atoms with E-state index >= 15 is 0 Å². The third-order valence-electron chi connectivity index (χ3n) is 4.00. The van der Waals surface area contributed by atoms with Gasteiger partial charge in [0.1, 0.15) is 5.75 Å². The highest BCUT2D eigenvalue weighted by Gasteiger charge is 2.29. The predicted octanol–water partition coefficient (Wildman–Crippen LogP) is 4.09. The number of rotatable bonds is 6. The summed E-state index contributed by atoms with van der Waals surface area (Å²) in [6, 6.07) is 14.0. The molecule has 3 rings (SSSR count). The van der Waals surface area contributed by atoms with Crippen molar-refractivity contribution >= 4 is 41.0 Å². The number of hydrogen-bond donors (Lipinski definition) is 0. The van der Waals surface area contributed by atoms with E-state index in [-0.39, 0.29) is 12.5 Å². The average Bonchev–Trinajstić information content (AvgIpc) is 2.96. The van der Waals surface area contributed by atoms with Crippen LogP contribution in [0, 0.1) is 0 Å². The molecule has 0 N–H and O–H groups in total. The van der Waals surface area contributed by atoms with E-state index in [0.717, 1.165) is 0 Å². The average molecular weight is 399 g/mol. The van der Waals surface area contributed by atoms with E-state index < -0.39 is 5.97 Å². The van der Waals surface area contributed by atoms with Crippen LogP contribution in [0.3, 0.4) is 0 Å². The molecule has 0 saturated heterocycles. The molecule has 0 aromatic heterocycles. The molecule has 0 unspecified atom stereocenters. The summed E-state index contributed by atoms with van der Waals surface area (Å²) in [6.07, 6.45) is 1.71. The number of ether oxygens (including phenoxy) is 2. The van der Waals surface area contributed by atoms with Crippen molar-refractivity contribution in [2.45, 2.75) is 13.8 Å². The molecule has 1 aliphatic heterocycles. The smallest absolute Gasteiger partial charge is 0.344 e. The highest BCUT2D eigenvalue weighted by molar-refractivity contribution is 6.32. The first-order valence-electron chi connectivity index (χ1n) is 8.74. The van der Waals surface area contributed by atoms with Crippen LogP contribution in [0.1, 0.15) is 19.4 Å². The number of halogens is 1. The van der Waals surface area contributed by atoms with Gasteiger partial charge in [-0.15, -0.1) is 0 Å². The van der Waals surface area contributed by atoms with Gasteiger partial charge in [0.15, 0.2) is 6.61 Å². The molecule has 28 heavy (non-hydrogen) atoms. The zero-order chi connectivity index (χ0) is 20.1. The molecule has 0 spiro atoms. The van der Waals surface area contributed by atoms with Crippen molar-refractivity contribution in [2.24, 2.45) is 5.10 Å². The topological polar surface area (TPSA) is 68.2 Å². The molecule has 0 radical (unpaired) electrons. The largest absolute Gasteiger partial charge is 0.481 e. The first-order chi connectivity index (χ1) is 13.5. The molecule has 2 aromatic carbocycles. The van der Waals surface area contributed by atoms with E-state index in [0.29, 0.717) is 39.9 Å². The van der Waals surface area contributed by atoms with Crippen LogP contribution in [-0.2, 0) is 14.3 Å². The van der Waals surface area contributed by atoms with Gasteiger partial charge in [-0.3, -0.25) is 4.79 Å².